The molecular formula is C8H9BrO3. The van der Waals surface area contributed by atoms with Gasteiger partial charge in [-0.05, 0) is 22.0 Å². The van der Waals surface area contributed by atoms with Crippen LogP contribution in [0.5, 0.6) is 5.75 Å². The van der Waals surface area contributed by atoms with Crippen LogP contribution in [0.4, 0.5) is 0 Å². The molecule has 0 saturated carbocycles. The van der Waals surface area contributed by atoms with E-state index in [4.69, 9.17) is 5.11 Å². The van der Waals surface area contributed by atoms with Crippen LogP contribution in [0.2, 0.25) is 0 Å². The molecule has 1 unspecified atom stereocenters. The number of hydrogen-bond donors (Lipinski definition) is 3. The zero-order valence-corrected chi connectivity index (χ0v) is 7.82. The Morgan fingerprint density at radius 1 is 1.42 bits per heavy atom. The predicted molar refractivity (Wildman–Crippen MR) is 47.9 cm³/mol. The second-order valence-electron chi connectivity index (χ2n) is 2.38. The summed E-state index contributed by atoms with van der Waals surface area (Å²) in [7, 11) is 0. The van der Waals surface area contributed by atoms with E-state index < -0.39 is 6.10 Å². The number of halogens is 1. The van der Waals surface area contributed by atoms with E-state index in [-0.39, 0.29) is 12.4 Å². The van der Waals surface area contributed by atoms with Crippen molar-refractivity contribution in [2.24, 2.45) is 0 Å². The monoisotopic (exact) mass is 232 g/mol. The van der Waals surface area contributed by atoms with Gasteiger partial charge in [-0.15, -0.1) is 0 Å². The molecule has 3 N–H and O–H groups in total. The molecule has 0 spiro atoms. The van der Waals surface area contributed by atoms with Gasteiger partial charge < -0.3 is 15.3 Å². The van der Waals surface area contributed by atoms with E-state index in [0.29, 0.717) is 10.0 Å². The molecule has 0 aromatic heterocycles. The largest absolute Gasteiger partial charge is 0.507 e. The molecule has 1 atom stereocenters. The number of phenols is 1. The number of benzene rings is 1. The topological polar surface area (TPSA) is 60.7 Å². The zero-order valence-electron chi connectivity index (χ0n) is 6.24. The van der Waals surface area contributed by atoms with E-state index in [0.717, 1.165) is 0 Å². The molecule has 0 bridgehead atoms. The lowest BCUT2D eigenvalue weighted by Gasteiger charge is -2.10. The Kier molecular flexibility index (Phi) is 3.08. The van der Waals surface area contributed by atoms with Crippen LogP contribution in [-0.4, -0.2) is 21.9 Å². The Morgan fingerprint density at radius 3 is 2.67 bits per heavy atom. The van der Waals surface area contributed by atoms with E-state index in [2.05, 4.69) is 15.9 Å². The minimum atomic E-state index is -0.952. The maximum atomic E-state index is 9.24. The van der Waals surface area contributed by atoms with Gasteiger partial charge in [-0.2, -0.15) is 0 Å². The number of aliphatic hydroxyl groups excluding tert-OH is 2. The fourth-order valence-corrected chi connectivity index (χ4v) is 1.42. The second-order valence-corrected chi connectivity index (χ2v) is 3.17. The summed E-state index contributed by atoms with van der Waals surface area (Å²) in [6.45, 7) is -0.359. The number of rotatable bonds is 2. The van der Waals surface area contributed by atoms with Gasteiger partial charge >= 0.3 is 0 Å². The van der Waals surface area contributed by atoms with Crippen molar-refractivity contribution in [3.05, 3.63) is 28.2 Å². The highest BCUT2D eigenvalue weighted by molar-refractivity contribution is 9.10. The van der Waals surface area contributed by atoms with Crippen LogP contribution in [0.25, 0.3) is 0 Å². The lowest BCUT2D eigenvalue weighted by atomic mass is 10.1. The molecule has 0 amide bonds. The molecule has 0 fully saturated rings. The highest BCUT2D eigenvalue weighted by atomic mass is 79.9. The van der Waals surface area contributed by atoms with Crippen molar-refractivity contribution in [3.63, 3.8) is 0 Å². The smallest absolute Gasteiger partial charge is 0.130 e. The Hall–Kier alpha value is -0.580. The maximum Gasteiger partial charge on any atom is 0.130 e. The SMILES string of the molecule is OCC(O)c1cccc(O)c1Br. The molecule has 0 heterocycles. The van der Waals surface area contributed by atoms with Crippen LogP contribution in [0.1, 0.15) is 11.7 Å². The summed E-state index contributed by atoms with van der Waals surface area (Å²) in [6.07, 6.45) is -0.952. The predicted octanol–water partition coefficient (Wildman–Crippen LogP) is 1.18. The molecule has 0 aliphatic heterocycles. The van der Waals surface area contributed by atoms with Crippen LogP contribution in [0.15, 0.2) is 22.7 Å². The van der Waals surface area contributed by atoms with Gasteiger partial charge in [-0.3, -0.25) is 0 Å². The summed E-state index contributed by atoms with van der Waals surface area (Å²) >= 11 is 3.10. The molecular weight excluding hydrogens is 224 g/mol. The van der Waals surface area contributed by atoms with Gasteiger partial charge in [-0.1, -0.05) is 12.1 Å². The van der Waals surface area contributed by atoms with Crippen LogP contribution in [0, 0.1) is 0 Å². The Balaban J connectivity index is 3.07. The first-order valence-corrected chi connectivity index (χ1v) is 4.22. The summed E-state index contributed by atoms with van der Waals surface area (Å²) in [6, 6.07) is 4.73. The third kappa shape index (κ3) is 1.77. The van der Waals surface area contributed by atoms with Crippen LogP contribution >= 0.6 is 15.9 Å². The molecule has 1 aromatic rings. The van der Waals surface area contributed by atoms with E-state index in [1.54, 1.807) is 12.1 Å². The number of phenolic OH excluding ortho intramolecular Hbond substituents is 1. The average molecular weight is 233 g/mol. The first-order valence-electron chi connectivity index (χ1n) is 3.43. The zero-order chi connectivity index (χ0) is 9.14. The van der Waals surface area contributed by atoms with Gasteiger partial charge in [0.05, 0.1) is 11.1 Å². The molecule has 3 nitrogen and oxygen atoms in total. The van der Waals surface area contributed by atoms with Crippen molar-refractivity contribution in [2.75, 3.05) is 6.61 Å². The van der Waals surface area contributed by atoms with Crippen LogP contribution < -0.4 is 0 Å². The Morgan fingerprint density at radius 2 is 2.08 bits per heavy atom. The summed E-state index contributed by atoms with van der Waals surface area (Å²) in [5.74, 6) is 0.0556. The molecule has 66 valence electrons. The van der Waals surface area contributed by atoms with Crippen molar-refractivity contribution >= 4 is 15.9 Å². The van der Waals surface area contributed by atoms with Crippen LogP contribution in [0.3, 0.4) is 0 Å². The fraction of sp³-hybridized carbons (Fsp3) is 0.250. The molecule has 4 heteroatoms. The lowest BCUT2D eigenvalue weighted by molar-refractivity contribution is 0.0948. The van der Waals surface area contributed by atoms with Crippen molar-refractivity contribution in [1.29, 1.82) is 0 Å². The molecule has 0 aliphatic rings. The van der Waals surface area contributed by atoms with Gasteiger partial charge in [0, 0.05) is 5.56 Å². The van der Waals surface area contributed by atoms with E-state index in [1.165, 1.54) is 6.07 Å². The van der Waals surface area contributed by atoms with Gasteiger partial charge in [0.25, 0.3) is 0 Å². The minimum absolute atomic E-state index is 0.0556. The molecule has 0 radical (unpaired) electrons. The number of aromatic hydroxyl groups is 1. The molecule has 0 saturated heterocycles. The normalized spacial score (nSPS) is 12.9. The summed E-state index contributed by atoms with van der Waals surface area (Å²) in [5.41, 5.74) is 0.484. The third-order valence-electron chi connectivity index (χ3n) is 1.54. The second kappa shape index (κ2) is 3.89. The van der Waals surface area contributed by atoms with Crippen molar-refractivity contribution < 1.29 is 15.3 Å². The Labute approximate surface area is 78.4 Å². The molecule has 1 rings (SSSR count). The van der Waals surface area contributed by atoms with Crippen molar-refractivity contribution in [1.82, 2.24) is 0 Å². The first-order chi connectivity index (χ1) is 5.66. The van der Waals surface area contributed by atoms with Gasteiger partial charge in [0.1, 0.15) is 11.9 Å². The van der Waals surface area contributed by atoms with Gasteiger partial charge in [-0.25, -0.2) is 0 Å². The van der Waals surface area contributed by atoms with Gasteiger partial charge in [0.2, 0.25) is 0 Å². The highest BCUT2D eigenvalue weighted by Gasteiger charge is 2.11. The van der Waals surface area contributed by atoms with E-state index in [1.807, 2.05) is 0 Å². The molecule has 1 aromatic carbocycles. The van der Waals surface area contributed by atoms with Crippen molar-refractivity contribution in [2.45, 2.75) is 6.10 Å². The summed E-state index contributed by atoms with van der Waals surface area (Å²) in [4.78, 5) is 0. The first kappa shape index (κ1) is 9.51. The van der Waals surface area contributed by atoms with E-state index in [9.17, 15) is 10.2 Å². The summed E-state index contributed by atoms with van der Waals surface area (Å²) < 4.78 is 0.423. The number of hydrogen-bond acceptors (Lipinski definition) is 3. The standard InChI is InChI=1S/C8H9BrO3/c9-8-5(7(12)4-10)2-1-3-6(8)11/h1-3,7,10-12H,4H2. The quantitative estimate of drug-likeness (QED) is 0.718. The minimum Gasteiger partial charge on any atom is -0.507 e. The van der Waals surface area contributed by atoms with Crippen molar-refractivity contribution in [3.8, 4) is 5.75 Å². The maximum absolute atomic E-state index is 9.24. The fourth-order valence-electron chi connectivity index (χ4n) is 0.893. The Bertz CT molecular complexity index is 275. The van der Waals surface area contributed by atoms with E-state index >= 15 is 0 Å². The highest BCUT2D eigenvalue weighted by Crippen LogP contribution is 2.30. The average Bonchev–Trinajstić information content (AvgIpc) is 2.08. The number of aliphatic hydroxyl groups is 2. The third-order valence-corrected chi connectivity index (χ3v) is 2.40. The summed E-state index contributed by atoms with van der Waals surface area (Å²) in [5, 5.41) is 27.1. The molecule has 12 heavy (non-hydrogen) atoms. The van der Waals surface area contributed by atoms with Crippen LogP contribution in [-0.2, 0) is 0 Å². The molecule has 0 aliphatic carbocycles. The van der Waals surface area contributed by atoms with Gasteiger partial charge in [0.15, 0.2) is 0 Å². The lowest BCUT2D eigenvalue weighted by Crippen LogP contribution is -2.02.